The summed E-state index contributed by atoms with van der Waals surface area (Å²) in [6.07, 6.45) is 2.73. The van der Waals surface area contributed by atoms with Gasteiger partial charge in [-0.2, -0.15) is 0 Å². The zero-order valence-corrected chi connectivity index (χ0v) is 11.1. The average Bonchev–Trinajstić information content (AvgIpc) is 2.46. The monoisotopic (exact) mass is 246 g/mol. The number of hydrogen-bond acceptors (Lipinski definition) is 3. The summed E-state index contributed by atoms with van der Waals surface area (Å²) >= 11 is 0. The molecule has 3 aliphatic heterocycles. The van der Waals surface area contributed by atoms with E-state index in [4.69, 9.17) is 4.74 Å². The van der Waals surface area contributed by atoms with Crippen molar-refractivity contribution >= 4 is 0 Å². The number of ether oxygens (including phenoxy) is 1. The normalized spacial score (nSPS) is 30.4. The van der Waals surface area contributed by atoms with Crippen molar-refractivity contribution in [1.82, 2.24) is 10.2 Å². The van der Waals surface area contributed by atoms with Crippen LogP contribution in [0, 0.1) is 5.92 Å². The molecule has 3 saturated heterocycles. The predicted octanol–water partition coefficient (Wildman–Crippen LogP) is 1.88. The van der Waals surface area contributed by atoms with Gasteiger partial charge in [-0.15, -0.1) is 0 Å². The van der Waals surface area contributed by atoms with Crippen molar-refractivity contribution in [3.63, 3.8) is 0 Å². The van der Waals surface area contributed by atoms with Gasteiger partial charge < -0.3 is 15.0 Å². The van der Waals surface area contributed by atoms with Crippen LogP contribution in [0.3, 0.4) is 0 Å². The molecule has 0 spiro atoms. The Kier molecular flexibility index (Phi) is 3.52. The third-order valence-corrected chi connectivity index (χ3v) is 4.40. The highest BCUT2D eigenvalue weighted by atomic mass is 16.5. The summed E-state index contributed by atoms with van der Waals surface area (Å²) in [7, 11) is 1.74. The summed E-state index contributed by atoms with van der Waals surface area (Å²) in [5.41, 5.74) is 1.26. The summed E-state index contributed by atoms with van der Waals surface area (Å²) in [4.78, 5) is 2.58. The zero-order valence-electron chi connectivity index (χ0n) is 11.1. The number of benzene rings is 1. The number of nitrogens with zero attached hydrogens (tertiary/aromatic N) is 1. The van der Waals surface area contributed by atoms with Crippen LogP contribution < -0.4 is 10.1 Å². The lowest BCUT2D eigenvalue weighted by Crippen LogP contribution is -2.55. The lowest BCUT2D eigenvalue weighted by molar-refractivity contribution is 0.0719. The van der Waals surface area contributed by atoms with Gasteiger partial charge >= 0.3 is 0 Å². The molecule has 0 radical (unpaired) electrons. The molecule has 1 N–H and O–H groups in total. The van der Waals surface area contributed by atoms with E-state index >= 15 is 0 Å². The Balaban J connectivity index is 1.61. The molecule has 3 fully saturated rings. The maximum atomic E-state index is 5.40. The van der Waals surface area contributed by atoms with E-state index in [1.165, 1.54) is 38.0 Å². The first kappa shape index (κ1) is 12.0. The van der Waals surface area contributed by atoms with Crippen LogP contribution in [0.5, 0.6) is 5.75 Å². The summed E-state index contributed by atoms with van der Waals surface area (Å²) in [5.74, 6) is 1.87. The van der Waals surface area contributed by atoms with Gasteiger partial charge in [0.2, 0.25) is 0 Å². The van der Waals surface area contributed by atoms with Crippen LogP contribution in [-0.2, 0) is 6.54 Å². The van der Waals surface area contributed by atoms with E-state index < -0.39 is 0 Å². The number of para-hydroxylation sites is 1. The second kappa shape index (κ2) is 5.29. The summed E-state index contributed by atoms with van der Waals surface area (Å²) in [6.45, 7) is 4.74. The molecule has 1 aromatic carbocycles. The third kappa shape index (κ3) is 2.38. The summed E-state index contributed by atoms with van der Waals surface area (Å²) in [6, 6.07) is 8.95. The largest absolute Gasteiger partial charge is 0.496 e. The van der Waals surface area contributed by atoms with E-state index in [9.17, 15) is 0 Å². The molecule has 1 atom stereocenters. The van der Waals surface area contributed by atoms with Crippen LogP contribution in [0.1, 0.15) is 18.4 Å². The molecular weight excluding hydrogens is 224 g/mol. The van der Waals surface area contributed by atoms with Crippen LogP contribution in [0.15, 0.2) is 24.3 Å². The molecular formula is C15H22N2O. The third-order valence-electron chi connectivity index (χ3n) is 4.40. The highest BCUT2D eigenvalue weighted by molar-refractivity contribution is 5.33. The van der Waals surface area contributed by atoms with Gasteiger partial charge in [0.05, 0.1) is 7.11 Å². The fourth-order valence-electron chi connectivity index (χ4n) is 3.29. The molecule has 3 heteroatoms. The Hall–Kier alpha value is -1.06. The number of hydrogen-bond donors (Lipinski definition) is 1. The molecule has 1 aromatic rings. The van der Waals surface area contributed by atoms with Gasteiger partial charge in [0.25, 0.3) is 0 Å². The van der Waals surface area contributed by atoms with Crippen molar-refractivity contribution in [2.45, 2.75) is 25.4 Å². The minimum atomic E-state index is 0.664. The van der Waals surface area contributed by atoms with Gasteiger partial charge in [-0.25, -0.2) is 0 Å². The Bertz CT molecular complexity index is 399. The maximum absolute atomic E-state index is 5.40. The second-order valence-electron chi connectivity index (χ2n) is 5.44. The van der Waals surface area contributed by atoms with Crippen LogP contribution in [0.25, 0.3) is 0 Å². The van der Waals surface area contributed by atoms with Gasteiger partial charge in [-0.3, -0.25) is 0 Å². The van der Waals surface area contributed by atoms with Crippen molar-refractivity contribution in [2.75, 3.05) is 26.7 Å². The van der Waals surface area contributed by atoms with Gasteiger partial charge in [0.15, 0.2) is 0 Å². The van der Waals surface area contributed by atoms with Gasteiger partial charge in [-0.05, 0) is 37.9 Å². The molecule has 3 aliphatic rings. The van der Waals surface area contributed by atoms with Crippen molar-refractivity contribution < 1.29 is 4.74 Å². The molecule has 18 heavy (non-hydrogen) atoms. The number of methoxy groups -OCH3 is 1. The van der Waals surface area contributed by atoms with E-state index in [0.717, 1.165) is 18.2 Å². The molecule has 4 rings (SSSR count). The van der Waals surface area contributed by atoms with Gasteiger partial charge in [0, 0.05) is 24.7 Å². The average molecular weight is 246 g/mol. The molecule has 0 aromatic heterocycles. The fraction of sp³-hybridized carbons (Fsp3) is 0.600. The number of nitrogens with one attached hydrogen (secondary N) is 1. The van der Waals surface area contributed by atoms with Crippen molar-refractivity contribution in [1.29, 1.82) is 0 Å². The minimum Gasteiger partial charge on any atom is -0.496 e. The molecule has 0 amide bonds. The topological polar surface area (TPSA) is 24.5 Å². The summed E-state index contributed by atoms with van der Waals surface area (Å²) < 4.78 is 5.40. The van der Waals surface area contributed by atoms with Crippen molar-refractivity contribution in [3.8, 4) is 5.75 Å². The van der Waals surface area contributed by atoms with E-state index in [-0.39, 0.29) is 0 Å². The van der Waals surface area contributed by atoms with E-state index in [0.29, 0.717) is 6.04 Å². The molecule has 0 saturated carbocycles. The van der Waals surface area contributed by atoms with E-state index in [1.54, 1.807) is 7.11 Å². The minimum absolute atomic E-state index is 0.664. The summed E-state index contributed by atoms with van der Waals surface area (Å²) in [5, 5.41) is 3.72. The molecule has 2 bridgehead atoms. The Morgan fingerprint density at radius 1 is 1.28 bits per heavy atom. The molecule has 3 nitrogen and oxygen atoms in total. The van der Waals surface area contributed by atoms with Crippen molar-refractivity contribution in [2.24, 2.45) is 5.92 Å². The van der Waals surface area contributed by atoms with Crippen molar-refractivity contribution in [3.05, 3.63) is 29.8 Å². The van der Waals surface area contributed by atoms with Crippen LogP contribution in [0.4, 0.5) is 0 Å². The van der Waals surface area contributed by atoms with E-state index in [1.807, 2.05) is 12.1 Å². The van der Waals surface area contributed by atoms with Crippen LogP contribution >= 0.6 is 0 Å². The Morgan fingerprint density at radius 2 is 2.06 bits per heavy atom. The van der Waals surface area contributed by atoms with Crippen LogP contribution in [-0.4, -0.2) is 37.7 Å². The molecule has 3 heterocycles. The molecule has 0 aliphatic carbocycles. The zero-order chi connectivity index (χ0) is 12.4. The SMILES string of the molecule is COc1ccccc1CN[C@@H]1CN2CCC1CC2. The molecule has 0 unspecified atom stereocenters. The number of piperidine rings is 3. The Labute approximate surface area is 109 Å². The predicted molar refractivity (Wildman–Crippen MR) is 72.8 cm³/mol. The van der Waals surface area contributed by atoms with Gasteiger partial charge in [0.1, 0.15) is 5.75 Å². The first-order valence-corrected chi connectivity index (χ1v) is 6.94. The second-order valence-corrected chi connectivity index (χ2v) is 5.44. The Morgan fingerprint density at radius 3 is 2.72 bits per heavy atom. The quantitative estimate of drug-likeness (QED) is 0.878. The first-order chi connectivity index (χ1) is 8.86. The highest BCUT2D eigenvalue weighted by Crippen LogP contribution is 2.28. The van der Waals surface area contributed by atoms with Crippen LogP contribution in [0.2, 0.25) is 0 Å². The molecule has 98 valence electrons. The lowest BCUT2D eigenvalue weighted by atomic mass is 9.84. The van der Waals surface area contributed by atoms with E-state index in [2.05, 4.69) is 22.3 Å². The highest BCUT2D eigenvalue weighted by Gasteiger charge is 2.33. The number of rotatable bonds is 4. The van der Waals surface area contributed by atoms with Gasteiger partial charge in [-0.1, -0.05) is 18.2 Å². The first-order valence-electron chi connectivity index (χ1n) is 6.94. The fourth-order valence-corrected chi connectivity index (χ4v) is 3.29. The standard InChI is InChI=1S/C15H22N2O/c1-18-15-5-3-2-4-13(15)10-16-14-11-17-8-6-12(14)7-9-17/h2-5,12,14,16H,6-11H2,1H3/t14-/m1/s1. The maximum Gasteiger partial charge on any atom is 0.123 e. The smallest absolute Gasteiger partial charge is 0.123 e. The number of fused-ring (bicyclic) bond motifs is 3. The lowest BCUT2D eigenvalue weighted by Gasteiger charge is -2.45.